The second-order valence-electron chi connectivity index (χ2n) is 8.69. The molecular weight excluding hydrogens is 398 g/mol. The van der Waals surface area contributed by atoms with E-state index in [2.05, 4.69) is 10.3 Å². The maximum absolute atomic E-state index is 13.5. The van der Waals surface area contributed by atoms with Crippen LogP contribution in [0.5, 0.6) is 0 Å². The summed E-state index contributed by atoms with van der Waals surface area (Å²) in [6.07, 6.45) is 7.26. The number of aromatic nitrogens is 1. The number of amides is 2. The van der Waals surface area contributed by atoms with Gasteiger partial charge in [0.05, 0.1) is 0 Å². The van der Waals surface area contributed by atoms with Gasteiger partial charge in [-0.1, -0.05) is 79.9 Å². The van der Waals surface area contributed by atoms with Gasteiger partial charge in [-0.25, -0.2) is 0 Å². The summed E-state index contributed by atoms with van der Waals surface area (Å²) in [4.78, 5) is 33.0. The summed E-state index contributed by atoms with van der Waals surface area (Å²) >= 11 is 0. The fourth-order valence-electron chi connectivity index (χ4n) is 4.85. The van der Waals surface area contributed by atoms with Crippen molar-refractivity contribution in [1.29, 1.82) is 0 Å². The first-order valence-electron chi connectivity index (χ1n) is 11.4. The summed E-state index contributed by atoms with van der Waals surface area (Å²) < 4.78 is 0. The number of rotatable bonds is 5. The Hall–Kier alpha value is -3.47. The highest BCUT2D eigenvalue weighted by Crippen LogP contribution is 2.33. The van der Waals surface area contributed by atoms with Gasteiger partial charge in [0, 0.05) is 29.9 Å². The van der Waals surface area contributed by atoms with Crippen LogP contribution < -0.4 is 5.32 Å². The molecule has 1 atom stereocenters. The quantitative estimate of drug-likeness (QED) is 0.633. The van der Waals surface area contributed by atoms with Crippen LogP contribution in [0.1, 0.15) is 59.8 Å². The largest absolute Gasteiger partial charge is 0.351 e. The zero-order valence-electron chi connectivity index (χ0n) is 18.0. The molecule has 162 valence electrons. The number of nitrogens with zero attached hydrogens (tertiary/aromatic N) is 2. The van der Waals surface area contributed by atoms with E-state index < -0.39 is 6.04 Å². The molecule has 1 saturated carbocycles. The van der Waals surface area contributed by atoms with Crippen molar-refractivity contribution in [1.82, 2.24) is 15.2 Å². The van der Waals surface area contributed by atoms with Crippen LogP contribution in [0.3, 0.4) is 0 Å². The molecule has 2 aliphatic rings. The zero-order valence-corrected chi connectivity index (χ0v) is 18.0. The molecule has 0 spiro atoms. The minimum absolute atomic E-state index is 0.104. The number of benzene rings is 2. The molecule has 2 aromatic carbocycles. The maximum Gasteiger partial charge on any atom is 0.274 e. The molecule has 0 saturated heterocycles. The summed E-state index contributed by atoms with van der Waals surface area (Å²) in [5.74, 6) is -0.292. The lowest BCUT2D eigenvalue weighted by Gasteiger charge is -2.30. The predicted molar refractivity (Wildman–Crippen MR) is 124 cm³/mol. The molecule has 2 heterocycles. The molecule has 5 nitrogen and oxygen atoms in total. The van der Waals surface area contributed by atoms with Crippen LogP contribution in [0.4, 0.5) is 0 Å². The highest BCUT2D eigenvalue weighted by atomic mass is 16.2. The molecule has 5 heteroatoms. The van der Waals surface area contributed by atoms with E-state index in [9.17, 15) is 9.59 Å². The van der Waals surface area contributed by atoms with Crippen molar-refractivity contribution < 1.29 is 9.59 Å². The summed E-state index contributed by atoms with van der Waals surface area (Å²) in [6.45, 7) is 0.374. The lowest BCUT2D eigenvalue weighted by Crippen LogP contribution is -2.45. The Bertz CT molecular complexity index is 1110. The Morgan fingerprint density at radius 2 is 1.62 bits per heavy atom. The van der Waals surface area contributed by atoms with Crippen LogP contribution >= 0.6 is 0 Å². The summed E-state index contributed by atoms with van der Waals surface area (Å²) in [5.41, 5.74) is 4.16. The molecule has 1 unspecified atom stereocenters. The van der Waals surface area contributed by atoms with Gasteiger partial charge in [0.15, 0.2) is 0 Å². The van der Waals surface area contributed by atoms with Gasteiger partial charge in [-0.15, -0.1) is 0 Å². The SMILES string of the molecule is O=C(NC1CCCCC1)C(c1ccccc1)N1Cc2cc(-c3ccccc3)cnc2C1=O. The van der Waals surface area contributed by atoms with Crippen LogP contribution in [-0.4, -0.2) is 27.7 Å². The van der Waals surface area contributed by atoms with E-state index in [0.717, 1.165) is 47.9 Å². The van der Waals surface area contributed by atoms with Gasteiger partial charge >= 0.3 is 0 Å². The molecule has 32 heavy (non-hydrogen) atoms. The van der Waals surface area contributed by atoms with E-state index in [-0.39, 0.29) is 17.9 Å². The minimum Gasteiger partial charge on any atom is -0.351 e. The van der Waals surface area contributed by atoms with Crippen molar-refractivity contribution in [3.63, 3.8) is 0 Å². The molecule has 2 amide bonds. The molecule has 1 fully saturated rings. The number of carbonyl (C=O) groups excluding carboxylic acids is 2. The third kappa shape index (κ3) is 4.03. The van der Waals surface area contributed by atoms with Crippen molar-refractivity contribution in [3.05, 3.63) is 89.7 Å². The van der Waals surface area contributed by atoms with Crippen LogP contribution in [0, 0.1) is 0 Å². The number of hydrogen-bond acceptors (Lipinski definition) is 3. The molecule has 0 bridgehead atoms. The molecular formula is C27H27N3O2. The van der Waals surface area contributed by atoms with Crippen LogP contribution in [0.25, 0.3) is 11.1 Å². The van der Waals surface area contributed by atoms with E-state index in [1.165, 1.54) is 6.42 Å². The average Bonchev–Trinajstić information content (AvgIpc) is 3.16. The third-order valence-electron chi connectivity index (χ3n) is 6.50. The van der Waals surface area contributed by atoms with Gasteiger partial charge in [0.1, 0.15) is 11.7 Å². The molecule has 3 aromatic rings. The monoisotopic (exact) mass is 425 g/mol. The number of pyridine rings is 1. The van der Waals surface area contributed by atoms with Crippen LogP contribution in [-0.2, 0) is 11.3 Å². The van der Waals surface area contributed by atoms with Crippen molar-refractivity contribution in [2.75, 3.05) is 0 Å². The molecule has 5 rings (SSSR count). The van der Waals surface area contributed by atoms with Crippen molar-refractivity contribution in [2.45, 2.75) is 50.7 Å². The number of carbonyl (C=O) groups is 2. The first-order chi connectivity index (χ1) is 15.7. The summed E-state index contributed by atoms with van der Waals surface area (Å²) in [7, 11) is 0. The summed E-state index contributed by atoms with van der Waals surface area (Å²) in [5, 5.41) is 3.23. The first kappa shape index (κ1) is 20.4. The zero-order chi connectivity index (χ0) is 21.9. The predicted octanol–water partition coefficient (Wildman–Crippen LogP) is 4.89. The smallest absolute Gasteiger partial charge is 0.274 e. The minimum atomic E-state index is -0.667. The van der Waals surface area contributed by atoms with Gasteiger partial charge in [0.25, 0.3) is 5.91 Å². The van der Waals surface area contributed by atoms with E-state index in [4.69, 9.17) is 0 Å². The standard InChI is InChI=1S/C27H27N3O2/c31-26(29-23-14-8-3-9-15-23)25(20-12-6-2-7-13-20)30-18-22-16-21(17-28-24(22)27(30)32)19-10-4-1-5-11-19/h1-2,4-7,10-13,16-17,23,25H,3,8-9,14-15,18H2,(H,29,31). The van der Waals surface area contributed by atoms with Crippen LogP contribution in [0.2, 0.25) is 0 Å². The fraction of sp³-hybridized carbons (Fsp3) is 0.296. The second kappa shape index (κ2) is 8.95. The van der Waals surface area contributed by atoms with Crippen molar-refractivity contribution >= 4 is 11.8 Å². The lowest BCUT2D eigenvalue weighted by atomic mass is 9.94. The Labute approximate surface area is 188 Å². The highest BCUT2D eigenvalue weighted by Gasteiger charge is 2.39. The third-order valence-corrected chi connectivity index (χ3v) is 6.50. The normalized spacial score (nSPS) is 17.1. The molecule has 0 radical (unpaired) electrons. The highest BCUT2D eigenvalue weighted by molar-refractivity contribution is 6.00. The fourth-order valence-corrected chi connectivity index (χ4v) is 4.85. The van der Waals surface area contributed by atoms with Crippen molar-refractivity contribution in [2.24, 2.45) is 0 Å². The molecule has 1 aliphatic carbocycles. The van der Waals surface area contributed by atoms with E-state index in [1.807, 2.05) is 66.7 Å². The first-order valence-corrected chi connectivity index (χ1v) is 11.4. The molecule has 1 aliphatic heterocycles. The molecule has 1 aromatic heterocycles. The molecule has 1 N–H and O–H groups in total. The van der Waals surface area contributed by atoms with Crippen LogP contribution in [0.15, 0.2) is 72.9 Å². The average molecular weight is 426 g/mol. The van der Waals surface area contributed by atoms with E-state index in [1.54, 1.807) is 11.1 Å². The Morgan fingerprint density at radius 3 is 2.34 bits per heavy atom. The Morgan fingerprint density at radius 1 is 0.938 bits per heavy atom. The van der Waals surface area contributed by atoms with Gasteiger partial charge in [-0.05, 0) is 30.0 Å². The lowest BCUT2D eigenvalue weighted by molar-refractivity contribution is -0.126. The van der Waals surface area contributed by atoms with E-state index in [0.29, 0.717) is 12.2 Å². The number of fused-ring (bicyclic) bond motifs is 1. The van der Waals surface area contributed by atoms with Gasteiger partial charge in [-0.3, -0.25) is 14.6 Å². The van der Waals surface area contributed by atoms with E-state index >= 15 is 0 Å². The van der Waals surface area contributed by atoms with Gasteiger partial charge < -0.3 is 10.2 Å². The number of nitrogens with one attached hydrogen (secondary N) is 1. The van der Waals surface area contributed by atoms with Crippen molar-refractivity contribution in [3.8, 4) is 11.1 Å². The second-order valence-corrected chi connectivity index (χ2v) is 8.69. The Balaban J connectivity index is 1.44. The maximum atomic E-state index is 13.5. The van der Waals surface area contributed by atoms with Gasteiger partial charge in [0.2, 0.25) is 5.91 Å². The van der Waals surface area contributed by atoms with Gasteiger partial charge in [-0.2, -0.15) is 0 Å². The number of hydrogen-bond donors (Lipinski definition) is 1. The topological polar surface area (TPSA) is 62.3 Å². The summed E-state index contributed by atoms with van der Waals surface area (Å²) in [6, 6.07) is 21.1. The Kier molecular flexibility index (Phi) is 5.71.